The fourth-order valence-corrected chi connectivity index (χ4v) is 15.9. The highest BCUT2D eigenvalue weighted by Gasteiger charge is 2.27. The lowest BCUT2D eigenvalue weighted by molar-refractivity contribution is -0.870. The molecule has 0 aliphatic rings. The molecule has 0 saturated heterocycles. The molecule has 616 valence electrons. The third-order valence-electron chi connectivity index (χ3n) is 22.4. The molecule has 0 bridgehead atoms. The standard InChI is InChI=1S/C93H186NO8P/c1-6-8-10-12-14-16-18-20-22-24-26-28-30-32-34-36-38-40-42-44-46-47-48-50-52-54-56-58-60-62-64-66-68-70-72-74-76-78-80-82-84-86-93(96)102-91(90-101-103(97,98)100-88-87-94(3,4)5)89-99-92(95)85-83-81-79-77-75-73-71-69-67-65-63-61-59-57-55-53-51-49-45-43-41-39-37-35-33-31-29-27-25-23-21-19-17-15-13-11-9-7-2/h91H,6-90H2,1-5H3/p+1. The summed E-state index contributed by atoms with van der Waals surface area (Å²) in [7, 11) is 1.52. The fraction of sp³-hybridized carbons (Fsp3) is 0.978. The number of carbonyl (C=O) groups excluding carboxylic acids is 2. The van der Waals surface area contributed by atoms with Crippen LogP contribution >= 0.6 is 7.82 Å². The van der Waals surface area contributed by atoms with Gasteiger partial charge in [-0.15, -0.1) is 0 Å². The summed E-state index contributed by atoms with van der Waals surface area (Å²) >= 11 is 0. The van der Waals surface area contributed by atoms with E-state index in [0.29, 0.717) is 17.4 Å². The van der Waals surface area contributed by atoms with Crippen molar-refractivity contribution in [3.8, 4) is 0 Å². The Hall–Kier alpha value is -0.990. The number of hydrogen-bond acceptors (Lipinski definition) is 7. The number of ether oxygens (including phenoxy) is 2. The summed E-state index contributed by atoms with van der Waals surface area (Å²) in [6.45, 7) is 4.56. The van der Waals surface area contributed by atoms with Crippen LogP contribution < -0.4 is 0 Å². The molecule has 0 spiro atoms. The molecule has 2 atom stereocenters. The van der Waals surface area contributed by atoms with Crippen molar-refractivity contribution in [1.82, 2.24) is 0 Å². The van der Waals surface area contributed by atoms with Gasteiger partial charge in [0.2, 0.25) is 0 Å². The third-order valence-corrected chi connectivity index (χ3v) is 23.4. The molecule has 0 radical (unpaired) electrons. The van der Waals surface area contributed by atoms with E-state index in [2.05, 4.69) is 13.8 Å². The maximum atomic E-state index is 13.0. The van der Waals surface area contributed by atoms with E-state index in [9.17, 15) is 19.0 Å². The summed E-state index contributed by atoms with van der Waals surface area (Å²) in [4.78, 5) is 36.1. The summed E-state index contributed by atoms with van der Waals surface area (Å²) in [6, 6.07) is 0. The Morgan fingerprint density at radius 3 is 0.621 bits per heavy atom. The van der Waals surface area contributed by atoms with Crippen molar-refractivity contribution in [3.05, 3.63) is 0 Å². The van der Waals surface area contributed by atoms with Gasteiger partial charge in [-0.25, -0.2) is 4.57 Å². The molecule has 0 saturated carbocycles. The first-order valence-corrected chi connectivity index (χ1v) is 48.8. The van der Waals surface area contributed by atoms with Gasteiger partial charge in [0, 0.05) is 12.8 Å². The zero-order chi connectivity index (χ0) is 74.7. The minimum atomic E-state index is -4.39. The van der Waals surface area contributed by atoms with Gasteiger partial charge in [0.25, 0.3) is 0 Å². The van der Waals surface area contributed by atoms with Crippen LogP contribution in [0.15, 0.2) is 0 Å². The molecular weight excluding hydrogens is 1290 g/mol. The molecule has 0 aromatic carbocycles. The molecule has 0 rings (SSSR count). The lowest BCUT2D eigenvalue weighted by Crippen LogP contribution is -2.37. The van der Waals surface area contributed by atoms with Crippen LogP contribution in [0.3, 0.4) is 0 Å². The van der Waals surface area contributed by atoms with Crippen molar-refractivity contribution in [2.75, 3.05) is 47.5 Å². The molecule has 0 aromatic rings. The van der Waals surface area contributed by atoms with Crippen molar-refractivity contribution in [2.45, 2.75) is 540 Å². The minimum Gasteiger partial charge on any atom is -0.462 e. The predicted octanol–water partition coefficient (Wildman–Crippen LogP) is 31.9. The quantitative estimate of drug-likeness (QED) is 0.0278. The number of hydrogen-bond donors (Lipinski definition) is 1. The van der Waals surface area contributed by atoms with Crippen molar-refractivity contribution < 1.29 is 42.1 Å². The highest BCUT2D eigenvalue weighted by Crippen LogP contribution is 2.43. The van der Waals surface area contributed by atoms with E-state index < -0.39 is 26.5 Å². The van der Waals surface area contributed by atoms with E-state index in [1.807, 2.05) is 21.1 Å². The lowest BCUT2D eigenvalue weighted by atomic mass is 10.0. The Morgan fingerprint density at radius 2 is 0.437 bits per heavy atom. The number of phosphoric acid groups is 1. The Kier molecular flexibility index (Phi) is 84.2. The van der Waals surface area contributed by atoms with Gasteiger partial charge in [-0.2, -0.15) is 0 Å². The van der Waals surface area contributed by atoms with Gasteiger partial charge < -0.3 is 18.9 Å². The Labute approximate surface area is 645 Å². The smallest absolute Gasteiger partial charge is 0.462 e. The largest absolute Gasteiger partial charge is 0.472 e. The maximum Gasteiger partial charge on any atom is 0.472 e. The molecule has 0 fully saturated rings. The molecule has 10 heteroatoms. The molecule has 103 heavy (non-hydrogen) atoms. The fourth-order valence-electron chi connectivity index (χ4n) is 15.2. The highest BCUT2D eigenvalue weighted by atomic mass is 31.2. The Bertz CT molecular complexity index is 1690. The summed E-state index contributed by atoms with van der Waals surface area (Å²) < 4.78 is 34.9. The van der Waals surface area contributed by atoms with Gasteiger partial charge in [-0.1, -0.05) is 508 Å². The van der Waals surface area contributed by atoms with E-state index in [1.165, 1.54) is 469 Å². The maximum absolute atomic E-state index is 13.0. The molecule has 0 aromatic heterocycles. The van der Waals surface area contributed by atoms with Crippen molar-refractivity contribution in [3.63, 3.8) is 0 Å². The molecular formula is C93H187NO8P+. The third kappa shape index (κ3) is 89.8. The summed E-state index contributed by atoms with van der Waals surface area (Å²) in [5, 5.41) is 0. The zero-order valence-electron chi connectivity index (χ0n) is 70.9. The molecule has 0 amide bonds. The molecule has 1 N–H and O–H groups in total. The van der Waals surface area contributed by atoms with Gasteiger partial charge >= 0.3 is 19.8 Å². The average molecular weight is 1480 g/mol. The highest BCUT2D eigenvalue weighted by molar-refractivity contribution is 7.47. The first-order valence-electron chi connectivity index (χ1n) is 47.3. The van der Waals surface area contributed by atoms with Crippen LogP contribution in [0.1, 0.15) is 534 Å². The van der Waals surface area contributed by atoms with Gasteiger partial charge in [0.05, 0.1) is 27.7 Å². The molecule has 0 heterocycles. The number of rotatable bonds is 91. The zero-order valence-corrected chi connectivity index (χ0v) is 71.8. The van der Waals surface area contributed by atoms with E-state index in [1.54, 1.807) is 0 Å². The molecule has 0 aliphatic carbocycles. The number of esters is 2. The SMILES string of the molecule is CCCCCCCCCCCCCCCCCCCCCCCCCCCCCCCCCCCCCCCCCCCC(=O)OC(COC(=O)CCCCCCCCCCCCCCCCCCCCCCCCCCCCCCCCCCCCCCCC)COP(=O)(O)OCC[N+](C)(C)C. The van der Waals surface area contributed by atoms with Crippen LogP contribution in [0.5, 0.6) is 0 Å². The number of nitrogens with zero attached hydrogens (tertiary/aromatic N) is 1. The second kappa shape index (κ2) is 85.0. The second-order valence-electron chi connectivity index (χ2n) is 34.1. The van der Waals surface area contributed by atoms with Gasteiger partial charge in [0.1, 0.15) is 19.8 Å². The normalized spacial score (nSPS) is 12.8. The molecule has 9 nitrogen and oxygen atoms in total. The molecule has 2 unspecified atom stereocenters. The van der Waals surface area contributed by atoms with Crippen molar-refractivity contribution >= 4 is 19.8 Å². The number of likely N-dealkylation sites (N-methyl/N-ethyl adjacent to an activating group) is 1. The summed E-state index contributed by atoms with van der Waals surface area (Å²) in [6.07, 6.45) is 109. The monoisotopic (exact) mass is 1480 g/mol. The number of unbranched alkanes of at least 4 members (excludes halogenated alkanes) is 77. The van der Waals surface area contributed by atoms with Crippen LogP contribution in [0.4, 0.5) is 0 Å². The van der Waals surface area contributed by atoms with Crippen LogP contribution in [-0.2, 0) is 32.7 Å². The van der Waals surface area contributed by atoms with Crippen LogP contribution in [0.25, 0.3) is 0 Å². The summed E-state index contributed by atoms with van der Waals surface area (Å²) in [5.41, 5.74) is 0. The van der Waals surface area contributed by atoms with Crippen molar-refractivity contribution in [1.29, 1.82) is 0 Å². The van der Waals surface area contributed by atoms with Gasteiger partial charge in [0.15, 0.2) is 6.10 Å². The van der Waals surface area contributed by atoms with Crippen molar-refractivity contribution in [2.24, 2.45) is 0 Å². The van der Waals surface area contributed by atoms with Gasteiger partial charge in [-0.3, -0.25) is 18.6 Å². The predicted molar refractivity (Wildman–Crippen MR) is 451 cm³/mol. The molecule has 0 aliphatic heterocycles. The number of phosphoric ester groups is 1. The minimum absolute atomic E-state index is 0.0380. The number of carbonyl (C=O) groups is 2. The van der Waals surface area contributed by atoms with E-state index in [-0.39, 0.29) is 25.6 Å². The van der Waals surface area contributed by atoms with E-state index in [4.69, 9.17) is 18.5 Å². The second-order valence-corrected chi connectivity index (χ2v) is 35.6. The Balaban J connectivity index is 3.79. The lowest BCUT2D eigenvalue weighted by Gasteiger charge is -2.24. The number of quaternary nitrogens is 1. The average Bonchev–Trinajstić information content (AvgIpc) is 0.971. The first kappa shape index (κ1) is 102. The van der Waals surface area contributed by atoms with Crippen LogP contribution in [0, 0.1) is 0 Å². The van der Waals surface area contributed by atoms with E-state index >= 15 is 0 Å². The van der Waals surface area contributed by atoms with Gasteiger partial charge in [-0.05, 0) is 12.8 Å². The topological polar surface area (TPSA) is 108 Å². The van der Waals surface area contributed by atoms with E-state index in [0.717, 1.165) is 38.5 Å². The first-order chi connectivity index (χ1) is 50.5. The van der Waals surface area contributed by atoms with Crippen LogP contribution in [-0.4, -0.2) is 74.9 Å². The Morgan fingerprint density at radius 1 is 0.262 bits per heavy atom. The van der Waals surface area contributed by atoms with Crippen LogP contribution in [0.2, 0.25) is 0 Å². The summed E-state index contributed by atoms with van der Waals surface area (Å²) in [5.74, 6) is -0.761.